The number of methoxy groups -OCH3 is 1. The summed E-state index contributed by atoms with van der Waals surface area (Å²) in [6.45, 7) is 3.75. The number of anilines is 1. The number of halogens is 1. The molecule has 0 bridgehead atoms. The molecule has 1 aliphatic rings. The smallest absolute Gasteiger partial charge is 0.272 e. The number of thioether (sulfide) groups is 1. The molecule has 0 fully saturated rings. The van der Waals surface area contributed by atoms with Crippen molar-refractivity contribution in [2.75, 3.05) is 17.8 Å². The summed E-state index contributed by atoms with van der Waals surface area (Å²) in [7, 11) is 1.58. The van der Waals surface area contributed by atoms with Crippen molar-refractivity contribution in [3.63, 3.8) is 0 Å². The molecule has 2 aromatic carbocycles. The Labute approximate surface area is 161 Å². The maximum Gasteiger partial charge on any atom is 0.272 e. The average molecular weight is 388 g/mol. The lowest BCUT2D eigenvalue weighted by Crippen LogP contribution is -2.32. The van der Waals surface area contributed by atoms with Crippen LogP contribution in [0.5, 0.6) is 5.75 Å². The Bertz CT molecular complexity index is 906. The van der Waals surface area contributed by atoms with Gasteiger partial charge in [0.1, 0.15) is 5.75 Å². The van der Waals surface area contributed by atoms with E-state index in [1.165, 1.54) is 16.7 Å². The average Bonchev–Trinajstić information content (AvgIpc) is 2.88. The van der Waals surface area contributed by atoms with E-state index in [2.05, 4.69) is 0 Å². The first-order chi connectivity index (χ1) is 12.5. The molecule has 1 aliphatic heterocycles. The van der Waals surface area contributed by atoms with Gasteiger partial charge >= 0.3 is 0 Å². The maximum atomic E-state index is 13.2. The van der Waals surface area contributed by atoms with Gasteiger partial charge in [-0.2, -0.15) is 0 Å². The van der Waals surface area contributed by atoms with Crippen LogP contribution in [0.3, 0.4) is 0 Å². The molecule has 2 aromatic rings. The Balaban J connectivity index is 2.10. The third kappa shape index (κ3) is 3.13. The first kappa shape index (κ1) is 18.5. The SMILES string of the molecule is CCSC1=C(c2ccc(OC)cc2)C(=O)N(c2cccc(Cl)c2C)C1=O. The van der Waals surface area contributed by atoms with Crippen LogP contribution >= 0.6 is 23.4 Å². The van der Waals surface area contributed by atoms with Gasteiger partial charge < -0.3 is 4.74 Å². The number of nitrogens with zero attached hydrogens (tertiary/aromatic N) is 1. The largest absolute Gasteiger partial charge is 0.497 e. The molecular formula is C20H18ClNO3S. The molecule has 0 aliphatic carbocycles. The van der Waals surface area contributed by atoms with E-state index >= 15 is 0 Å². The minimum Gasteiger partial charge on any atom is -0.497 e. The van der Waals surface area contributed by atoms with Crippen molar-refractivity contribution >= 4 is 46.4 Å². The summed E-state index contributed by atoms with van der Waals surface area (Å²) in [5, 5.41) is 0.519. The van der Waals surface area contributed by atoms with Crippen LogP contribution in [0.2, 0.25) is 5.02 Å². The molecule has 0 aromatic heterocycles. The van der Waals surface area contributed by atoms with Crippen LogP contribution in [0, 0.1) is 6.92 Å². The monoisotopic (exact) mass is 387 g/mol. The summed E-state index contributed by atoms with van der Waals surface area (Å²) in [6.07, 6.45) is 0. The zero-order valence-electron chi connectivity index (χ0n) is 14.7. The topological polar surface area (TPSA) is 46.6 Å². The van der Waals surface area contributed by atoms with Crippen molar-refractivity contribution in [1.29, 1.82) is 0 Å². The standard InChI is InChI=1S/C20H18ClNO3S/c1-4-26-18-17(13-8-10-14(25-3)11-9-13)19(23)22(20(18)24)16-7-5-6-15(21)12(16)2/h5-11H,4H2,1-3H3. The van der Waals surface area contributed by atoms with Crippen LogP contribution in [0.15, 0.2) is 47.4 Å². The molecule has 6 heteroatoms. The third-order valence-electron chi connectivity index (χ3n) is 4.19. The molecule has 2 amide bonds. The van der Waals surface area contributed by atoms with Crippen molar-refractivity contribution in [1.82, 2.24) is 0 Å². The van der Waals surface area contributed by atoms with Gasteiger partial charge in [0.05, 0.1) is 23.3 Å². The van der Waals surface area contributed by atoms with E-state index in [9.17, 15) is 9.59 Å². The zero-order valence-corrected chi connectivity index (χ0v) is 16.3. The van der Waals surface area contributed by atoms with Gasteiger partial charge in [-0.15, -0.1) is 11.8 Å². The van der Waals surface area contributed by atoms with Gasteiger partial charge in [-0.3, -0.25) is 9.59 Å². The fraction of sp³-hybridized carbons (Fsp3) is 0.200. The lowest BCUT2D eigenvalue weighted by Gasteiger charge is -2.18. The van der Waals surface area contributed by atoms with Crippen molar-refractivity contribution in [3.05, 3.63) is 63.5 Å². The van der Waals surface area contributed by atoms with Crippen LogP contribution < -0.4 is 9.64 Å². The van der Waals surface area contributed by atoms with E-state index in [-0.39, 0.29) is 11.8 Å². The van der Waals surface area contributed by atoms with E-state index in [1.54, 1.807) is 56.5 Å². The van der Waals surface area contributed by atoms with Crippen LogP contribution in [-0.4, -0.2) is 24.7 Å². The lowest BCUT2D eigenvalue weighted by atomic mass is 10.1. The molecule has 0 spiro atoms. The van der Waals surface area contributed by atoms with E-state index in [4.69, 9.17) is 16.3 Å². The predicted octanol–water partition coefficient (Wildman–Crippen LogP) is 4.69. The van der Waals surface area contributed by atoms with Gasteiger partial charge in [0, 0.05) is 5.02 Å². The van der Waals surface area contributed by atoms with Crippen molar-refractivity contribution < 1.29 is 14.3 Å². The molecule has 134 valence electrons. The summed E-state index contributed by atoms with van der Waals surface area (Å²) in [5.74, 6) is 0.744. The molecule has 4 nitrogen and oxygen atoms in total. The second-order valence-electron chi connectivity index (χ2n) is 5.70. The third-order valence-corrected chi connectivity index (χ3v) is 5.55. The number of ether oxygens (including phenoxy) is 1. The van der Waals surface area contributed by atoms with Crippen LogP contribution in [0.25, 0.3) is 5.57 Å². The first-order valence-corrected chi connectivity index (χ1v) is 9.51. The van der Waals surface area contributed by atoms with Crippen molar-refractivity contribution in [3.8, 4) is 5.75 Å². The minimum absolute atomic E-state index is 0.307. The van der Waals surface area contributed by atoms with Gasteiger partial charge in [0.25, 0.3) is 11.8 Å². The van der Waals surface area contributed by atoms with E-state index < -0.39 is 0 Å². The molecule has 0 unspecified atom stereocenters. The highest BCUT2D eigenvalue weighted by atomic mass is 35.5. The summed E-state index contributed by atoms with van der Waals surface area (Å²) in [6, 6.07) is 12.4. The Morgan fingerprint density at radius 2 is 1.77 bits per heavy atom. The first-order valence-electron chi connectivity index (χ1n) is 8.15. The summed E-state index contributed by atoms with van der Waals surface area (Å²) in [4.78, 5) is 27.9. The number of rotatable bonds is 5. The quantitative estimate of drug-likeness (QED) is 0.698. The Morgan fingerprint density at radius 3 is 2.38 bits per heavy atom. The molecule has 0 radical (unpaired) electrons. The molecular weight excluding hydrogens is 370 g/mol. The summed E-state index contributed by atoms with van der Waals surface area (Å²) in [5.41, 5.74) is 2.34. The molecule has 3 rings (SSSR count). The highest BCUT2D eigenvalue weighted by Crippen LogP contribution is 2.40. The van der Waals surface area contributed by atoms with E-state index in [0.29, 0.717) is 43.8 Å². The number of imide groups is 1. The van der Waals surface area contributed by atoms with Gasteiger partial charge in [-0.05, 0) is 48.1 Å². The maximum absolute atomic E-state index is 13.2. The second kappa shape index (κ2) is 7.56. The molecule has 0 saturated heterocycles. The van der Waals surface area contributed by atoms with Crippen LogP contribution in [0.1, 0.15) is 18.1 Å². The number of amides is 2. The number of carbonyl (C=O) groups excluding carboxylic acids is 2. The number of hydrogen-bond acceptors (Lipinski definition) is 4. The van der Waals surface area contributed by atoms with Gasteiger partial charge in [-0.1, -0.05) is 36.7 Å². The lowest BCUT2D eigenvalue weighted by molar-refractivity contribution is -0.119. The van der Waals surface area contributed by atoms with Crippen molar-refractivity contribution in [2.24, 2.45) is 0 Å². The van der Waals surface area contributed by atoms with Crippen LogP contribution in [0.4, 0.5) is 5.69 Å². The minimum atomic E-state index is -0.332. The predicted molar refractivity (Wildman–Crippen MR) is 107 cm³/mol. The molecule has 0 atom stereocenters. The zero-order chi connectivity index (χ0) is 18.8. The van der Waals surface area contributed by atoms with E-state index in [0.717, 1.165) is 0 Å². The molecule has 1 heterocycles. The highest BCUT2D eigenvalue weighted by molar-refractivity contribution is 8.04. The number of hydrogen-bond donors (Lipinski definition) is 0. The molecule has 0 N–H and O–H groups in total. The highest BCUT2D eigenvalue weighted by Gasteiger charge is 2.40. The fourth-order valence-corrected chi connectivity index (χ4v) is 3.88. The van der Waals surface area contributed by atoms with Crippen LogP contribution in [-0.2, 0) is 9.59 Å². The van der Waals surface area contributed by atoms with E-state index in [1.807, 2.05) is 6.92 Å². The fourth-order valence-electron chi connectivity index (χ4n) is 2.86. The Hall–Kier alpha value is -2.24. The normalized spacial score (nSPS) is 14.4. The number of carbonyl (C=O) groups is 2. The molecule has 26 heavy (non-hydrogen) atoms. The summed E-state index contributed by atoms with van der Waals surface area (Å²) >= 11 is 7.57. The Morgan fingerprint density at radius 1 is 1.08 bits per heavy atom. The summed E-state index contributed by atoms with van der Waals surface area (Å²) < 4.78 is 5.18. The van der Waals surface area contributed by atoms with Gasteiger partial charge in [0.15, 0.2) is 0 Å². The van der Waals surface area contributed by atoms with Gasteiger partial charge in [-0.25, -0.2) is 4.90 Å². The second-order valence-corrected chi connectivity index (χ2v) is 7.38. The van der Waals surface area contributed by atoms with Gasteiger partial charge in [0.2, 0.25) is 0 Å². The molecule has 0 saturated carbocycles. The van der Waals surface area contributed by atoms with Crippen molar-refractivity contribution in [2.45, 2.75) is 13.8 Å². The number of benzene rings is 2. The Kier molecular flexibility index (Phi) is 5.39.